The van der Waals surface area contributed by atoms with E-state index < -0.39 is 6.29 Å². The molecule has 2 fully saturated rings. The highest BCUT2D eigenvalue weighted by molar-refractivity contribution is 6.35. The first-order valence-corrected chi connectivity index (χ1v) is 13.5. The Morgan fingerprint density at radius 1 is 1.00 bits per heavy atom. The average Bonchev–Trinajstić information content (AvgIpc) is 3.40. The van der Waals surface area contributed by atoms with Gasteiger partial charge in [-0.15, -0.1) is 0 Å². The van der Waals surface area contributed by atoms with Gasteiger partial charge in [0.15, 0.2) is 6.29 Å². The molecule has 0 bridgehead atoms. The summed E-state index contributed by atoms with van der Waals surface area (Å²) in [6, 6.07) is 20.3. The van der Waals surface area contributed by atoms with Crippen LogP contribution >= 0.6 is 23.2 Å². The molecule has 38 heavy (non-hydrogen) atoms. The first kappa shape index (κ1) is 26.6. The van der Waals surface area contributed by atoms with Crippen LogP contribution in [0.2, 0.25) is 10.0 Å². The molecule has 2 unspecified atom stereocenters. The van der Waals surface area contributed by atoms with Crippen molar-refractivity contribution in [3.8, 4) is 11.5 Å². The van der Waals surface area contributed by atoms with Gasteiger partial charge in [0.05, 0.1) is 11.6 Å². The number of aromatic hydroxyl groups is 1. The van der Waals surface area contributed by atoms with E-state index in [0.29, 0.717) is 49.2 Å². The lowest BCUT2D eigenvalue weighted by molar-refractivity contribution is -0.131. The molecule has 7 nitrogen and oxygen atoms in total. The molecule has 2 aliphatic rings. The van der Waals surface area contributed by atoms with Gasteiger partial charge in [-0.2, -0.15) is 0 Å². The molecule has 200 valence electrons. The standard InChI is InChI=1S/C29H30Cl2N2O5/c30-21-5-10-26(27(31)17-21)29-37-19-25(38-29)18-36-24-8-6-22(7-9-24)32-12-14-33(15-13-32)28(35)11-4-20-2-1-3-23(34)16-20/h1-3,5-10,16-17,25,29,34H,4,11-15,18-19H2. The molecule has 2 aliphatic heterocycles. The normalized spacial score (nSPS) is 19.5. The van der Waals surface area contributed by atoms with Gasteiger partial charge in [-0.05, 0) is 60.5 Å². The third kappa shape index (κ3) is 6.72. The first-order valence-electron chi connectivity index (χ1n) is 12.7. The number of aryl methyl sites for hydroxylation is 1. The third-order valence-corrected chi connectivity index (χ3v) is 7.34. The van der Waals surface area contributed by atoms with E-state index in [1.54, 1.807) is 30.3 Å². The van der Waals surface area contributed by atoms with Crippen LogP contribution in [0.5, 0.6) is 11.5 Å². The lowest BCUT2D eigenvalue weighted by Gasteiger charge is -2.36. The third-order valence-electron chi connectivity index (χ3n) is 6.77. The fourth-order valence-electron chi connectivity index (χ4n) is 4.67. The van der Waals surface area contributed by atoms with Gasteiger partial charge >= 0.3 is 0 Å². The number of ether oxygens (including phenoxy) is 3. The van der Waals surface area contributed by atoms with Crippen LogP contribution in [0.25, 0.3) is 0 Å². The molecule has 0 radical (unpaired) electrons. The minimum Gasteiger partial charge on any atom is -0.508 e. The van der Waals surface area contributed by atoms with Crippen molar-refractivity contribution >= 4 is 34.8 Å². The van der Waals surface area contributed by atoms with Gasteiger partial charge in [0.25, 0.3) is 0 Å². The van der Waals surface area contributed by atoms with Crippen molar-refractivity contribution in [3.05, 3.63) is 87.9 Å². The minimum atomic E-state index is -0.534. The zero-order chi connectivity index (χ0) is 26.5. The number of amides is 1. The predicted molar refractivity (Wildman–Crippen MR) is 147 cm³/mol. The van der Waals surface area contributed by atoms with Crippen LogP contribution in [0, 0.1) is 0 Å². The molecule has 1 N–H and O–H groups in total. The van der Waals surface area contributed by atoms with Gasteiger partial charge in [0, 0.05) is 48.9 Å². The van der Waals surface area contributed by atoms with Gasteiger partial charge in [-0.25, -0.2) is 0 Å². The lowest BCUT2D eigenvalue weighted by atomic mass is 10.1. The number of piperazine rings is 1. The second-order valence-corrected chi connectivity index (χ2v) is 10.3. The maximum atomic E-state index is 12.7. The fourth-order valence-corrected chi connectivity index (χ4v) is 5.17. The van der Waals surface area contributed by atoms with E-state index in [0.717, 1.165) is 35.7 Å². The summed E-state index contributed by atoms with van der Waals surface area (Å²) in [5.41, 5.74) is 2.82. The molecule has 2 saturated heterocycles. The molecule has 1 amide bonds. The molecule has 2 heterocycles. The van der Waals surface area contributed by atoms with Crippen molar-refractivity contribution in [3.63, 3.8) is 0 Å². The number of nitrogens with zero attached hydrogens (tertiary/aromatic N) is 2. The number of rotatable bonds is 8. The highest BCUT2D eigenvalue weighted by Crippen LogP contribution is 2.33. The van der Waals surface area contributed by atoms with Crippen molar-refractivity contribution in [2.45, 2.75) is 25.2 Å². The highest BCUT2D eigenvalue weighted by atomic mass is 35.5. The number of phenolic OH excluding ortho intramolecular Hbond substituents is 1. The van der Waals surface area contributed by atoms with Gasteiger partial charge in [0.2, 0.25) is 5.91 Å². The predicted octanol–water partition coefficient (Wildman–Crippen LogP) is 5.47. The van der Waals surface area contributed by atoms with E-state index in [-0.39, 0.29) is 17.8 Å². The lowest BCUT2D eigenvalue weighted by Crippen LogP contribution is -2.48. The van der Waals surface area contributed by atoms with Crippen LogP contribution in [0.1, 0.15) is 23.8 Å². The highest BCUT2D eigenvalue weighted by Gasteiger charge is 2.29. The van der Waals surface area contributed by atoms with E-state index in [1.165, 1.54) is 0 Å². The van der Waals surface area contributed by atoms with Crippen molar-refractivity contribution in [1.82, 2.24) is 4.90 Å². The van der Waals surface area contributed by atoms with Crippen LogP contribution in [-0.2, 0) is 20.7 Å². The number of anilines is 1. The molecular formula is C29H30Cl2N2O5. The zero-order valence-electron chi connectivity index (χ0n) is 20.9. The number of hydrogen-bond acceptors (Lipinski definition) is 6. The number of carbonyl (C=O) groups excluding carboxylic acids is 1. The summed E-state index contributed by atoms with van der Waals surface area (Å²) >= 11 is 12.2. The Morgan fingerprint density at radius 3 is 2.53 bits per heavy atom. The Hall–Kier alpha value is -2.97. The van der Waals surface area contributed by atoms with Crippen LogP contribution in [0.4, 0.5) is 5.69 Å². The Kier molecular flexibility index (Phi) is 8.59. The molecule has 2 atom stereocenters. The van der Waals surface area contributed by atoms with Crippen molar-refractivity contribution in [2.75, 3.05) is 44.3 Å². The van der Waals surface area contributed by atoms with E-state index in [2.05, 4.69) is 4.90 Å². The molecule has 0 aliphatic carbocycles. The smallest absolute Gasteiger partial charge is 0.223 e. The van der Waals surface area contributed by atoms with Crippen molar-refractivity contribution in [1.29, 1.82) is 0 Å². The summed E-state index contributed by atoms with van der Waals surface area (Å²) in [5.74, 6) is 1.13. The number of halogens is 2. The summed E-state index contributed by atoms with van der Waals surface area (Å²) < 4.78 is 17.7. The second kappa shape index (κ2) is 12.3. The molecule has 5 rings (SSSR count). The SMILES string of the molecule is O=C(CCc1cccc(O)c1)N1CCN(c2ccc(OCC3COC(c4ccc(Cl)cc4Cl)O3)cc2)CC1. The zero-order valence-corrected chi connectivity index (χ0v) is 22.4. The van der Waals surface area contributed by atoms with Gasteiger partial charge in [-0.3, -0.25) is 4.79 Å². The number of carbonyl (C=O) groups is 1. The molecule has 9 heteroatoms. The largest absolute Gasteiger partial charge is 0.508 e. The maximum Gasteiger partial charge on any atom is 0.223 e. The summed E-state index contributed by atoms with van der Waals surface area (Å²) in [6.45, 7) is 3.72. The van der Waals surface area contributed by atoms with E-state index >= 15 is 0 Å². The Morgan fingerprint density at radius 2 is 1.79 bits per heavy atom. The number of benzene rings is 3. The quantitative estimate of drug-likeness (QED) is 0.396. The van der Waals surface area contributed by atoms with Crippen LogP contribution in [0.15, 0.2) is 66.7 Å². The topological polar surface area (TPSA) is 71.5 Å². The Bertz CT molecular complexity index is 1250. The summed E-state index contributed by atoms with van der Waals surface area (Å²) in [5, 5.41) is 10.7. The van der Waals surface area contributed by atoms with Crippen LogP contribution in [0.3, 0.4) is 0 Å². The summed E-state index contributed by atoms with van der Waals surface area (Å²) in [4.78, 5) is 16.8. The molecular weight excluding hydrogens is 527 g/mol. The van der Waals surface area contributed by atoms with Crippen LogP contribution in [-0.4, -0.2) is 61.4 Å². The Balaban J connectivity index is 1.05. The number of phenols is 1. The van der Waals surface area contributed by atoms with Gasteiger partial charge < -0.3 is 29.1 Å². The Labute approximate surface area is 232 Å². The number of hydrogen-bond donors (Lipinski definition) is 1. The molecule has 3 aromatic carbocycles. The molecule has 0 saturated carbocycles. The van der Waals surface area contributed by atoms with Crippen molar-refractivity contribution in [2.24, 2.45) is 0 Å². The fraction of sp³-hybridized carbons (Fsp3) is 0.345. The van der Waals surface area contributed by atoms with Crippen LogP contribution < -0.4 is 9.64 Å². The second-order valence-electron chi connectivity index (χ2n) is 9.43. The first-order chi connectivity index (χ1) is 18.4. The van der Waals surface area contributed by atoms with E-state index in [9.17, 15) is 9.90 Å². The molecule has 0 aromatic heterocycles. The van der Waals surface area contributed by atoms with E-state index in [1.807, 2.05) is 41.3 Å². The summed E-state index contributed by atoms with van der Waals surface area (Å²) in [7, 11) is 0. The van der Waals surface area contributed by atoms with Gasteiger partial charge in [0.1, 0.15) is 24.2 Å². The van der Waals surface area contributed by atoms with E-state index in [4.69, 9.17) is 37.4 Å². The maximum absolute atomic E-state index is 12.7. The molecule has 3 aromatic rings. The van der Waals surface area contributed by atoms with Gasteiger partial charge in [-0.1, -0.05) is 41.4 Å². The summed E-state index contributed by atoms with van der Waals surface area (Å²) in [6.07, 6.45) is 0.332. The monoisotopic (exact) mass is 556 g/mol. The average molecular weight is 557 g/mol. The van der Waals surface area contributed by atoms with Crippen molar-refractivity contribution < 1.29 is 24.1 Å². The molecule has 0 spiro atoms. The minimum absolute atomic E-state index is 0.149.